The van der Waals surface area contributed by atoms with Crippen LogP contribution in [0.25, 0.3) is 0 Å². The smallest absolute Gasteiger partial charge is 0.291 e. The average molecular weight is 313 g/mol. The molecule has 9 nitrogen and oxygen atoms in total. The lowest BCUT2D eigenvalue weighted by Gasteiger charge is -2.19. The van der Waals surface area contributed by atoms with E-state index in [1.165, 1.54) is 12.0 Å². The first kappa shape index (κ1) is 15.0. The second kappa shape index (κ2) is 6.35. The van der Waals surface area contributed by atoms with Gasteiger partial charge in [0.25, 0.3) is 12.0 Å². The molecule has 0 aromatic carbocycles. The summed E-state index contributed by atoms with van der Waals surface area (Å²) in [4.78, 5) is 17.7. The zero-order valence-electron chi connectivity index (χ0n) is 11.2. The van der Waals surface area contributed by atoms with E-state index in [4.69, 9.17) is 21.7 Å². The van der Waals surface area contributed by atoms with Crippen molar-refractivity contribution >= 4 is 23.6 Å². The number of aromatic nitrogens is 1. The fourth-order valence-corrected chi connectivity index (χ4v) is 2.07. The van der Waals surface area contributed by atoms with Crippen LogP contribution in [-0.4, -0.2) is 52.0 Å². The molecule has 2 rings (SSSR count). The molecule has 0 unspecified atom stereocenters. The first-order valence-corrected chi connectivity index (χ1v) is 6.37. The van der Waals surface area contributed by atoms with Gasteiger partial charge < -0.3 is 9.64 Å². The van der Waals surface area contributed by atoms with Gasteiger partial charge in [-0.25, -0.2) is 15.1 Å². The maximum absolute atomic E-state index is 10.7. The summed E-state index contributed by atoms with van der Waals surface area (Å²) in [5.41, 5.74) is 0.834. The van der Waals surface area contributed by atoms with Gasteiger partial charge in [0.05, 0.1) is 7.11 Å². The molecule has 0 amide bonds. The molecule has 1 saturated heterocycles. The van der Waals surface area contributed by atoms with Crippen LogP contribution in [0, 0.1) is 15.5 Å². The Balaban J connectivity index is 2.20. The summed E-state index contributed by atoms with van der Waals surface area (Å²) in [7, 11) is 1.33. The van der Waals surface area contributed by atoms with E-state index >= 15 is 0 Å². The van der Waals surface area contributed by atoms with Gasteiger partial charge >= 0.3 is 0 Å². The fraction of sp³-hybridized carbons (Fsp3) is 0.364. The van der Waals surface area contributed by atoms with Crippen molar-refractivity contribution < 1.29 is 9.77 Å². The van der Waals surface area contributed by atoms with Crippen LogP contribution in [0.15, 0.2) is 23.4 Å². The second-order valence-corrected chi connectivity index (χ2v) is 4.60. The highest BCUT2D eigenvalue weighted by atomic mass is 35.5. The summed E-state index contributed by atoms with van der Waals surface area (Å²) < 4.78 is 4.81. The minimum atomic E-state index is -0.788. The van der Waals surface area contributed by atoms with E-state index in [1.54, 1.807) is 23.2 Å². The third kappa shape index (κ3) is 3.57. The first-order chi connectivity index (χ1) is 10.0. The number of pyridine rings is 1. The molecule has 112 valence electrons. The van der Waals surface area contributed by atoms with E-state index in [0.29, 0.717) is 24.8 Å². The fourth-order valence-electron chi connectivity index (χ4n) is 1.95. The number of methoxy groups -OCH3 is 1. The number of halogens is 1. The molecule has 1 fully saturated rings. The first-order valence-electron chi connectivity index (χ1n) is 5.99. The van der Waals surface area contributed by atoms with E-state index in [2.05, 4.69) is 10.1 Å². The summed E-state index contributed by atoms with van der Waals surface area (Å²) in [5.74, 6) is 0.0711. The van der Waals surface area contributed by atoms with Crippen LogP contribution in [0.1, 0.15) is 5.56 Å². The summed E-state index contributed by atoms with van der Waals surface area (Å²) in [6.07, 6.45) is 1.59. The van der Waals surface area contributed by atoms with Crippen molar-refractivity contribution in [2.24, 2.45) is 5.10 Å². The molecule has 1 aromatic heterocycles. The molecular formula is C11H13ClN6O3. The number of nitrogens with zero attached hydrogens (tertiary/aromatic N) is 5. The molecule has 21 heavy (non-hydrogen) atoms. The van der Waals surface area contributed by atoms with Gasteiger partial charge in [-0.3, -0.25) is 10.3 Å². The van der Waals surface area contributed by atoms with Crippen LogP contribution in [0.3, 0.4) is 0 Å². The summed E-state index contributed by atoms with van der Waals surface area (Å²) in [5, 5.41) is 21.3. The van der Waals surface area contributed by atoms with Gasteiger partial charge in [0.15, 0.2) is 5.03 Å². The van der Waals surface area contributed by atoms with Crippen LogP contribution in [0.4, 0.5) is 0 Å². The van der Waals surface area contributed by atoms with E-state index in [-0.39, 0.29) is 12.0 Å². The number of hydrazone groups is 1. The van der Waals surface area contributed by atoms with Gasteiger partial charge in [-0.2, -0.15) is 0 Å². The number of nitro groups is 1. The SMILES string of the molecule is COC(=N)N1CCN(Cc2ccc(Cl)nc2)/C1=N/[N+](=O)[O-]. The lowest BCUT2D eigenvalue weighted by atomic mass is 10.3. The Hall–Kier alpha value is -2.42. The minimum absolute atomic E-state index is 0.0711. The van der Waals surface area contributed by atoms with Crippen molar-refractivity contribution in [2.45, 2.75) is 6.54 Å². The van der Waals surface area contributed by atoms with Gasteiger partial charge in [0.1, 0.15) is 10.3 Å². The lowest BCUT2D eigenvalue weighted by Crippen LogP contribution is -2.38. The van der Waals surface area contributed by atoms with Crippen molar-refractivity contribution in [3.8, 4) is 0 Å². The Morgan fingerprint density at radius 3 is 2.95 bits per heavy atom. The van der Waals surface area contributed by atoms with Gasteiger partial charge in [0, 0.05) is 25.8 Å². The Morgan fingerprint density at radius 2 is 2.38 bits per heavy atom. The number of hydrogen-bond acceptors (Lipinski definition) is 5. The van der Waals surface area contributed by atoms with Crippen LogP contribution < -0.4 is 0 Å². The monoisotopic (exact) mass is 312 g/mol. The van der Waals surface area contributed by atoms with E-state index in [0.717, 1.165) is 5.56 Å². The van der Waals surface area contributed by atoms with E-state index in [9.17, 15) is 10.1 Å². The third-order valence-corrected chi connectivity index (χ3v) is 3.11. The van der Waals surface area contributed by atoms with E-state index in [1.807, 2.05) is 0 Å². The molecule has 2 heterocycles. The van der Waals surface area contributed by atoms with Crippen molar-refractivity contribution in [3.63, 3.8) is 0 Å². The van der Waals surface area contributed by atoms with Crippen molar-refractivity contribution in [3.05, 3.63) is 39.2 Å². The standard InChI is InChI=1S/C11H13ClN6O3/c1-21-10(13)17-5-4-16(11(17)15-18(19)20)7-8-2-3-9(12)14-6-8/h2-3,6,13H,4-5,7H2,1H3/b13-10?,15-11-. The quantitative estimate of drug-likeness (QED) is 0.293. The molecule has 1 aliphatic heterocycles. The second-order valence-electron chi connectivity index (χ2n) is 4.21. The Morgan fingerprint density at radius 1 is 1.62 bits per heavy atom. The lowest BCUT2D eigenvalue weighted by molar-refractivity contribution is -0.486. The Bertz CT molecular complexity index is 576. The summed E-state index contributed by atoms with van der Waals surface area (Å²) in [6, 6.07) is 3.24. The zero-order valence-corrected chi connectivity index (χ0v) is 11.9. The van der Waals surface area contributed by atoms with E-state index < -0.39 is 5.03 Å². The highest BCUT2D eigenvalue weighted by Crippen LogP contribution is 2.15. The maximum atomic E-state index is 10.7. The summed E-state index contributed by atoms with van der Waals surface area (Å²) >= 11 is 5.72. The van der Waals surface area contributed by atoms with Gasteiger partial charge in [-0.15, -0.1) is 0 Å². The van der Waals surface area contributed by atoms with Gasteiger partial charge in [-0.05, 0) is 11.6 Å². The topological polar surface area (TPSA) is 108 Å². The summed E-state index contributed by atoms with van der Waals surface area (Å²) in [6.45, 7) is 1.26. The highest BCUT2D eigenvalue weighted by Gasteiger charge is 2.33. The molecule has 1 aliphatic rings. The number of nitrogens with one attached hydrogen (secondary N) is 1. The normalized spacial score (nSPS) is 16.4. The predicted molar refractivity (Wildman–Crippen MR) is 75.5 cm³/mol. The van der Waals surface area contributed by atoms with Crippen molar-refractivity contribution in [2.75, 3.05) is 20.2 Å². The van der Waals surface area contributed by atoms with Gasteiger partial charge in [-0.1, -0.05) is 17.7 Å². The number of rotatable bonds is 3. The maximum Gasteiger partial charge on any atom is 0.291 e. The Kier molecular flexibility index (Phi) is 4.53. The zero-order chi connectivity index (χ0) is 15.4. The molecule has 0 saturated carbocycles. The number of ether oxygens (including phenoxy) is 1. The number of guanidine groups is 1. The molecule has 0 radical (unpaired) electrons. The molecule has 0 bridgehead atoms. The van der Waals surface area contributed by atoms with Crippen LogP contribution in [0.2, 0.25) is 5.15 Å². The molecule has 0 aliphatic carbocycles. The van der Waals surface area contributed by atoms with Gasteiger partial charge in [0.2, 0.25) is 0 Å². The van der Waals surface area contributed by atoms with Crippen molar-refractivity contribution in [1.82, 2.24) is 14.8 Å². The Labute approximate surface area is 125 Å². The molecule has 0 spiro atoms. The molecule has 1 N–H and O–H groups in total. The number of amidine groups is 1. The average Bonchev–Trinajstić information content (AvgIpc) is 2.83. The molecule has 0 atom stereocenters. The number of hydrogen-bond donors (Lipinski definition) is 1. The molecule has 1 aromatic rings. The van der Waals surface area contributed by atoms with Crippen LogP contribution in [-0.2, 0) is 11.3 Å². The molecule has 10 heteroatoms. The largest absolute Gasteiger partial charge is 0.468 e. The minimum Gasteiger partial charge on any atom is -0.468 e. The van der Waals surface area contributed by atoms with Crippen LogP contribution >= 0.6 is 11.6 Å². The van der Waals surface area contributed by atoms with Crippen LogP contribution in [0.5, 0.6) is 0 Å². The highest BCUT2D eigenvalue weighted by molar-refractivity contribution is 6.29. The third-order valence-electron chi connectivity index (χ3n) is 2.89. The molecular weight excluding hydrogens is 300 g/mol. The predicted octanol–water partition coefficient (Wildman–Crippen LogP) is 0.981. The van der Waals surface area contributed by atoms with Crippen molar-refractivity contribution in [1.29, 1.82) is 5.41 Å².